The number of anilines is 2. The van der Waals surface area contributed by atoms with Crippen LogP contribution in [-0.4, -0.2) is 106 Å². The SMILES string of the molecule is CC(C)C(=O)Nc1nc2c(ncn2[C@@H]2O[C@@H]3COP(=S)(OCCC#N)O[C@@H]4C[C@H](n5cnc6c(NC(=O)c7ccccc7)ncnc65)O[C@@H]4COP(O)(=S)O[C@@H]2[C@@H]3F)c(=O)[nH]1. The number of nitrogens with zero attached hydrogens (tertiary/aromatic N) is 8. The first-order valence-electron chi connectivity index (χ1n) is 18.6. The molecule has 322 valence electrons. The Kier molecular flexibility index (Phi) is 12.5. The molecule has 0 radical (unpaired) electrons. The van der Waals surface area contributed by atoms with Gasteiger partial charge in [0.25, 0.3) is 11.5 Å². The minimum absolute atomic E-state index is 0.0591. The van der Waals surface area contributed by atoms with Crippen molar-refractivity contribution in [3.05, 3.63) is 65.2 Å². The fourth-order valence-corrected chi connectivity index (χ4v) is 10.2. The Balaban J connectivity index is 1.08. The average Bonchev–Trinajstić information content (AvgIpc) is 4.02. The summed E-state index contributed by atoms with van der Waals surface area (Å²) >= 11 is 11.2. The number of ether oxygens (including phenoxy) is 2. The first-order valence-corrected chi connectivity index (χ1v) is 23.7. The second-order valence-corrected chi connectivity index (χ2v) is 19.8. The van der Waals surface area contributed by atoms with Crippen LogP contribution in [0, 0.1) is 17.2 Å². The van der Waals surface area contributed by atoms with Crippen molar-refractivity contribution in [1.29, 1.82) is 5.26 Å². The summed E-state index contributed by atoms with van der Waals surface area (Å²) in [5, 5.41) is 14.5. The zero-order chi connectivity index (χ0) is 43.1. The highest BCUT2D eigenvalue weighted by molar-refractivity contribution is 8.07. The van der Waals surface area contributed by atoms with Crippen LogP contribution >= 0.6 is 13.4 Å². The number of halogens is 1. The number of amides is 2. The maximum atomic E-state index is 16.5. The number of carbonyl (C=O) groups is 2. The van der Waals surface area contributed by atoms with Crippen LogP contribution in [0.1, 0.15) is 49.5 Å². The number of fused-ring (bicyclic) bond motifs is 5. The summed E-state index contributed by atoms with van der Waals surface area (Å²) in [5.74, 6) is -1.35. The van der Waals surface area contributed by atoms with Gasteiger partial charge in [-0.2, -0.15) is 10.2 Å². The van der Waals surface area contributed by atoms with Gasteiger partial charge in [-0.05, 0) is 35.7 Å². The maximum absolute atomic E-state index is 16.5. The molecule has 3 aliphatic heterocycles. The Labute approximate surface area is 354 Å². The number of aromatic amines is 1. The molecule has 2 amide bonds. The van der Waals surface area contributed by atoms with Crippen LogP contribution in [0.15, 0.2) is 54.1 Å². The van der Waals surface area contributed by atoms with E-state index in [-0.39, 0.29) is 47.9 Å². The van der Waals surface area contributed by atoms with Crippen molar-refractivity contribution in [1.82, 2.24) is 39.0 Å². The van der Waals surface area contributed by atoms with Crippen molar-refractivity contribution in [2.45, 2.75) is 69.7 Å². The Hall–Kier alpha value is -4.54. The fourth-order valence-electron chi connectivity index (χ4n) is 6.64. The zero-order valence-corrected chi connectivity index (χ0v) is 35.4. The molecule has 1 aromatic carbocycles. The zero-order valence-electron chi connectivity index (χ0n) is 32.0. The molecule has 0 spiro atoms. The summed E-state index contributed by atoms with van der Waals surface area (Å²) in [6, 6.07) is 10.5. The van der Waals surface area contributed by atoms with Gasteiger partial charge in [0.05, 0.1) is 51.1 Å². The lowest BCUT2D eigenvalue weighted by atomic mass is 10.1. The molecule has 61 heavy (non-hydrogen) atoms. The first-order chi connectivity index (χ1) is 29.2. The molecule has 0 aliphatic carbocycles. The van der Waals surface area contributed by atoms with Gasteiger partial charge in [0.15, 0.2) is 40.5 Å². The molecule has 22 nitrogen and oxygen atoms in total. The van der Waals surface area contributed by atoms with E-state index in [9.17, 15) is 24.5 Å². The van der Waals surface area contributed by atoms with Crippen LogP contribution in [-0.2, 0) is 60.5 Å². The molecule has 27 heteroatoms. The van der Waals surface area contributed by atoms with E-state index in [1.54, 1.807) is 48.7 Å². The number of benzene rings is 1. The lowest BCUT2D eigenvalue weighted by molar-refractivity contribution is -0.118. The van der Waals surface area contributed by atoms with Gasteiger partial charge < -0.3 is 37.8 Å². The molecule has 9 atom stereocenters. The largest absolute Gasteiger partial charge is 0.349 e. The number of carbonyl (C=O) groups excluding carboxylic acids is 2. The molecule has 8 rings (SSSR count). The van der Waals surface area contributed by atoms with Crippen molar-refractivity contribution in [3.63, 3.8) is 0 Å². The number of imidazole rings is 2. The van der Waals surface area contributed by atoms with Gasteiger partial charge in [-0.15, -0.1) is 0 Å². The molecule has 3 aliphatic rings. The summed E-state index contributed by atoms with van der Waals surface area (Å²) < 4.78 is 61.7. The van der Waals surface area contributed by atoms with E-state index in [0.29, 0.717) is 11.2 Å². The Morgan fingerprint density at radius 3 is 2.54 bits per heavy atom. The van der Waals surface area contributed by atoms with Gasteiger partial charge in [0.2, 0.25) is 11.9 Å². The Morgan fingerprint density at radius 2 is 1.77 bits per heavy atom. The number of nitrogens with one attached hydrogen (secondary N) is 3. The van der Waals surface area contributed by atoms with Gasteiger partial charge in [-0.1, -0.05) is 32.0 Å². The number of rotatable bonds is 9. The summed E-state index contributed by atoms with van der Waals surface area (Å²) in [7, 11) is 0. The second-order valence-electron chi connectivity index (χ2n) is 14.1. The lowest BCUT2D eigenvalue weighted by Crippen LogP contribution is -2.32. The lowest BCUT2D eigenvalue weighted by Gasteiger charge is -2.29. The van der Waals surface area contributed by atoms with Gasteiger partial charge in [-0.25, -0.2) is 24.3 Å². The third-order valence-corrected chi connectivity index (χ3v) is 13.6. The normalized spacial score (nSPS) is 29.3. The predicted molar refractivity (Wildman–Crippen MR) is 217 cm³/mol. The van der Waals surface area contributed by atoms with E-state index in [1.807, 2.05) is 6.07 Å². The number of hydrogen-bond donors (Lipinski definition) is 4. The minimum Gasteiger partial charge on any atom is -0.349 e. The molecule has 2 bridgehead atoms. The van der Waals surface area contributed by atoms with Crippen LogP contribution < -0.4 is 16.2 Å². The predicted octanol–water partition coefficient (Wildman–Crippen LogP) is 3.52. The highest BCUT2D eigenvalue weighted by Crippen LogP contribution is 2.56. The molecule has 4 aromatic heterocycles. The molecule has 4 N–H and O–H groups in total. The third kappa shape index (κ3) is 9.17. The van der Waals surface area contributed by atoms with Gasteiger partial charge >= 0.3 is 13.4 Å². The number of alkyl halides is 1. The molecule has 2 unspecified atom stereocenters. The smallest absolute Gasteiger partial charge is 0.327 e. The van der Waals surface area contributed by atoms with Crippen molar-refractivity contribution in [2.24, 2.45) is 5.92 Å². The van der Waals surface area contributed by atoms with Gasteiger partial charge in [-0.3, -0.25) is 38.3 Å². The number of H-pyrrole nitrogens is 1. The van der Waals surface area contributed by atoms with E-state index in [4.69, 9.17) is 55.7 Å². The molecular formula is C34H36FN11O11P2S2. The highest BCUT2D eigenvalue weighted by Gasteiger charge is 2.52. The quantitative estimate of drug-likeness (QED) is 0.122. The average molecular weight is 920 g/mol. The molecule has 0 saturated carbocycles. The monoisotopic (exact) mass is 919 g/mol. The van der Waals surface area contributed by atoms with Crippen molar-refractivity contribution in [3.8, 4) is 6.07 Å². The molecule has 3 fully saturated rings. The topological polar surface area (TPSA) is 274 Å². The van der Waals surface area contributed by atoms with Gasteiger partial charge in [0, 0.05) is 17.9 Å². The van der Waals surface area contributed by atoms with E-state index >= 15 is 4.39 Å². The van der Waals surface area contributed by atoms with Crippen LogP contribution in [0.2, 0.25) is 0 Å². The fraction of sp³-hybridized carbons (Fsp3) is 0.441. The Morgan fingerprint density at radius 1 is 1.02 bits per heavy atom. The highest BCUT2D eigenvalue weighted by atomic mass is 32.5. The summed E-state index contributed by atoms with van der Waals surface area (Å²) in [6.07, 6.45) is -5.74. The van der Waals surface area contributed by atoms with E-state index < -0.39 is 93.0 Å². The molecule has 5 aromatic rings. The second kappa shape index (κ2) is 17.7. The van der Waals surface area contributed by atoms with Crippen LogP contribution in [0.25, 0.3) is 22.3 Å². The number of nitriles is 1. The maximum Gasteiger partial charge on any atom is 0.327 e. The summed E-state index contributed by atoms with van der Waals surface area (Å²) in [4.78, 5) is 73.7. The summed E-state index contributed by atoms with van der Waals surface area (Å²) in [6.45, 7) is -6.16. The molecule has 7 heterocycles. The standard InChI is InChI=1S/C34H36FN11O11P2S2/c1-17(2)30(47)43-34-42-29-25(32(49)44-34)40-16-46(29)33-26-23(35)21(55-33)13-53-59(61,51-10-6-9-36)56-19-11-22(54-20(19)12-52-58(50,60)57-26)45-15-39-24-27(37-14-38-28(24)45)41-31(48)18-7-4-3-5-8-18/h3-5,7-8,14-17,19-23,26,33H,6,10-13H2,1-2H3,(H,50,60)(H,37,38,41,48)(H2,42,43,44,47,49)/t19-,20-,21-,22-,23-,26-,33-,58?,59?/m1/s1. The van der Waals surface area contributed by atoms with Crippen LogP contribution in [0.3, 0.4) is 0 Å². The number of aromatic nitrogens is 8. The third-order valence-electron chi connectivity index (χ3n) is 9.64. The number of hydrogen-bond acceptors (Lipinski definition) is 18. The first kappa shape index (κ1) is 43.1. The minimum atomic E-state index is -4.36. The Bertz CT molecular complexity index is 2670. The van der Waals surface area contributed by atoms with E-state index in [2.05, 4.69) is 40.5 Å². The van der Waals surface area contributed by atoms with Crippen molar-refractivity contribution in [2.75, 3.05) is 30.5 Å². The van der Waals surface area contributed by atoms with Crippen molar-refractivity contribution < 1.29 is 51.0 Å². The summed E-state index contributed by atoms with van der Waals surface area (Å²) in [5.41, 5.74) is -0.0458. The van der Waals surface area contributed by atoms with Gasteiger partial charge in [0.1, 0.15) is 30.9 Å². The van der Waals surface area contributed by atoms with E-state index in [1.165, 1.54) is 17.2 Å². The van der Waals surface area contributed by atoms with E-state index in [0.717, 1.165) is 6.33 Å². The molecule has 3 saturated heterocycles. The molecular weight excluding hydrogens is 884 g/mol. The van der Waals surface area contributed by atoms with Crippen LogP contribution in [0.5, 0.6) is 0 Å². The van der Waals surface area contributed by atoms with Crippen LogP contribution in [0.4, 0.5) is 16.2 Å². The van der Waals surface area contributed by atoms with Crippen molar-refractivity contribution >= 4 is 83.0 Å².